The Morgan fingerprint density at radius 3 is 2.33 bits per heavy atom. The molecule has 1 aliphatic rings. The van der Waals surface area contributed by atoms with Crippen molar-refractivity contribution < 1.29 is 14.3 Å². The standard InChI is InChI=1S/C18H38NO2/c1-7-19(6,8-2)12-16(20)13-21-18-11-15(5)9-10-17(18)14(3)4/h14-18,20H,7-13H2,1-6H3/q+1/t15-,16+,17+,18-/m1/s1. The van der Waals surface area contributed by atoms with Crippen molar-refractivity contribution in [2.45, 2.75) is 66.1 Å². The molecule has 3 heteroatoms. The summed E-state index contributed by atoms with van der Waals surface area (Å²) >= 11 is 0. The highest BCUT2D eigenvalue weighted by Gasteiger charge is 2.32. The molecular weight excluding hydrogens is 262 g/mol. The molecule has 0 aliphatic heterocycles. The lowest BCUT2D eigenvalue weighted by Gasteiger charge is -2.38. The van der Waals surface area contributed by atoms with Gasteiger partial charge in [-0.3, -0.25) is 0 Å². The molecule has 1 saturated carbocycles. The average Bonchev–Trinajstić information content (AvgIpc) is 2.44. The Morgan fingerprint density at radius 2 is 1.81 bits per heavy atom. The summed E-state index contributed by atoms with van der Waals surface area (Å²) in [5.41, 5.74) is 0. The zero-order valence-electron chi connectivity index (χ0n) is 15.1. The summed E-state index contributed by atoms with van der Waals surface area (Å²) in [4.78, 5) is 0. The molecule has 0 aromatic carbocycles. The van der Waals surface area contributed by atoms with Crippen LogP contribution in [0, 0.1) is 17.8 Å². The molecule has 21 heavy (non-hydrogen) atoms. The van der Waals surface area contributed by atoms with E-state index in [2.05, 4.69) is 41.7 Å². The minimum absolute atomic E-state index is 0.338. The summed E-state index contributed by atoms with van der Waals surface area (Å²) in [6.07, 6.45) is 3.75. The Morgan fingerprint density at radius 1 is 1.19 bits per heavy atom. The number of nitrogens with zero attached hydrogens (tertiary/aromatic N) is 1. The van der Waals surface area contributed by atoms with Crippen molar-refractivity contribution in [1.29, 1.82) is 0 Å². The lowest BCUT2D eigenvalue weighted by Crippen LogP contribution is -2.50. The van der Waals surface area contributed by atoms with Gasteiger partial charge in [0.2, 0.25) is 0 Å². The number of likely N-dealkylation sites (N-methyl/N-ethyl adjacent to an activating group) is 1. The average molecular weight is 301 g/mol. The molecule has 0 saturated heterocycles. The second kappa shape index (κ2) is 8.50. The molecule has 1 fully saturated rings. The van der Waals surface area contributed by atoms with Gasteiger partial charge in [-0.1, -0.05) is 27.2 Å². The van der Waals surface area contributed by atoms with Gasteiger partial charge in [-0.15, -0.1) is 0 Å². The summed E-state index contributed by atoms with van der Waals surface area (Å²) in [7, 11) is 2.21. The van der Waals surface area contributed by atoms with Crippen LogP contribution >= 0.6 is 0 Å². The Labute approximate surface area is 132 Å². The second-order valence-corrected chi connectivity index (χ2v) is 7.79. The quantitative estimate of drug-likeness (QED) is 0.697. The largest absolute Gasteiger partial charge is 0.385 e. The summed E-state index contributed by atoms with van der Waals surface area (Å²) in [5, 5.41) is 10.3. The summed E-state index contributed by atoms with van der Waals surface area (Å²) in [5.74, 6) is 2.09. The van der Waals surface area contributed by atoms with Crippen molar-refractivity contribution >= 4 is 0 Å². The molecule has 1 aliphatic carbocycles. The van der Waals surface area contributed by atoms with E-state index in [1.54, 1.807) is 0 Å². The zero-order valence-corrected chi connectivity index (χ0v) is 15.1. The molecule has 0 aromatic heterocycles. The Hall–Kier alpha value is -0.120. The molecule has 0 spiro atoms. The van der Waals surface area contributed by atoms with Crippen molar-refractivity contribution in [2.24, 2.45) is 17.8 Å². The number of hydrogen-bond acceptors (Lipinski definition) is 2. The molecule has 0 aromatic rings. The van der Waals surface area contributed by atoms with Crippen molar-refractivity contribution in [3.05, 3.63) is 0 Å². The Kier molecular flexibility index (Phi) is 7.66. The molecule has 126 valence electrons. The Bertz CT molecular complexity index is 289. The molecule has 1 rings (SSSR count). The minimum atomic E-state index is -0.347. The summed E-state index contributed by atoms with van der Waals surface area (Å²) in [6.45, 7) is 14.7. The van der Waals surface area contributed by atoms with Crippen LogP contribution in [0.3, 0.4) is 0 Å². The van der Waals surface area contributed by atoms with Crippen molar-refractivity contribution in [3.63, 3.8) is 0 Å². The fraction of sp³-hybridized carbons (Fsp3) is 1.00. The van der Waals surface area contributed by atoms with Crippen LogP contribution < -0.4 is 0 Å². The molecule has 0 bridgehead atoms. The van der Waals surface area contributed by atoms with Gasteiger partial charge in [0.1, 0.15) is 12.6 Å². The highest BCUT2D eigenvalue weighted by Crippen LogP contribution is 2.35. The first-order valence-electron chi connectivity index (χ1n) is 8.94. The van der Waals surface area contributed by atoms with Crippen LogP contribution in [0.2, 0.25) is 0 Å². The van der Waals surface area contributed by atoms with E-state index in [0.29, 0.717) is 24.5 Å². The van der Waals surface area contributed by atoms with E-state index in [0.717, 1.165) is 36.5 Å². The van der Waals surface area contributed by atoms with Crippen LogP contribution in [-0.4, -0.2) is 55.1 Å². The van der Waals surface area contributed by atoms with Crippen LogP contribution in [0.15, 0.2) is 0 Å². The van der Waals surface area contributed by atoms with Crippen LogP contribution in [0.1, 0.15) is 53.9 Å². The van der Waals surface area contributed by atoms with Gasteiger partial charge in [0.05, 0.1) is 32.8 Å². The number of ether oxygens (including phenoxy) is 1. The van der Waals surface area contributed by atoms with Crippen molar-refractivity contribution in [1.82, 2.24) is 0 Å². The number of aliphatic hydroxyl groups is 1. The maximum absolute atomic E-state index is 10.3. The fourth-order valence-corrected chi connectivity index (χ4v) is 3.58. The van der Waals surface area contributed by atoms with E-state index >= 15 is 0 Å². The summed E-state index contributed by atoms with van der Waals surface area (Å²) in [6, 6.07) is 0. The van der Waals surface area contributed by atoms with Crippen LogP contribution in [-0.2, 0) is 4.74 Å². The third-order valence-corrected chi connectivity index (χ3v) is 5.64. The smallest absolute Gasteiger partial charge is 0.126 e. The SMILES string of the molecule is CC[N+](C)(CC)C[C@H](O)CO[C@@H]1C[C@H](C)CC[C@H]1C(C)C. The van der Waals surface area contributed by atoms with E-state index in [1.807, 2.05) is 0 Å². The lowest BCUT2D eigenvalue weighted by molar-refractivity contribution is -0.909. The van der Waals surface area contributed by atoms with Gasteiger partial charge in [0.25, 0.3) is 0 Å². The monoisotopic (exact) mass is 300 g/mol. The molecule has 3 nitrogen and oxygen atoms in total. The van der Waals surface area contributed by atoms with E-state index < -0.39 is 0 Å². The van der Waals surface area contributed by atoms with Gasteiger partial charge in [0, 0.05) is 0 Å². The maximum atomic E-state index is 10.3. The van der Waals surface area contributed by atoms with Gasteiger partial charge in [0.15, 0.2) is 0 Å². The predicted molar refractivity (Wildman–Crippen MR) is 89.2 cm³/mol. The highest BCUT2D eigenvalue weighted by molar-refractivity contribution is 4.81. The summed E-state index contributed by atoms with van der Waals surface area (Å²) < 4.78 is 7.08. The third kappa shape index (κ3) is 5.88. The van der Waals surface area contributed by atoms with Crippen molar-refractivity contribution in [2.75, 3.05) is 33.3 Å². The Balaban J connectivity index is 2.47. The third-order valence-electron chi connectivity index (χ3n) is 5.64. The van der Waals surface area contributed by atoms with Gasteiger partial charge in [-0.2, -0.15) is 0 Å². The first-order valence-corrected chi connectivity index (χ1v) is 8.94. The van der Waals surface area contributed by atoms with Gasteiger partial charge >= 0.3 is 0 Å². The molecule has 0 unspecified atom stereocenters. The van der Waals surface area contributed by atoms with E-state index in [-0.39, 0.29) is 6.10 Å². The van der Waals surface area contributed by atoms with E-state index in [4.69, 9.17) is 4.74 Å². The van der Waals surface area contributed by atoms with Gasteiger partial charge in [-0.25, -0.2) is 0 Å². The van der Waals surface area contributed by atoms with Gasteiger partial charge in [-0.05, 0) is 44.4 Å². The molecule has 0 amide bonds. The van der Waals surface area contributed by atoms with Crippen LogP contribution in [0.4, 0.5) is 0 Å². The molecular formula is C18H38NO2+. The first-order chi connectivity index (χ1) is 9.81. The van der Waals surface area contributed by atoms with Crippen LogP contribution in [0.5, 0.6) is 0 Å². The second-order valence-electron chi connectivity index (χ2n) is 7.79. The highest BCUT2D eigenvalue weighted by atomic mass is 16.5. The number of hydrogen-bond donors (Lipinski definition) is 1. The molecule has 0 heterocycles. The first kappa shape index (κ1) is 18.9. The van der Waals surface area contributed by atoms with E-state index in [9.17, 15) is 5.11 Å². The van der Waals surface area contributed by atoms with Crippen LogP contribution in [0.25, 0.3) is 0 Å². The topological polar surface area (TPSA) is 29.5 Å². The van der Waals surface area contributed by atoms with Crippen molar-refractivity contribution in [3.8, 4) is 0 Å². The molecule has 0 radical (unpaired) electrons. The van der Waals surface area contributed by atoms with Gasteiger partial charge < -0.3 is 14.3 Å². The number of aliphatic hydroxyl groups excluding tert-OH is 1. The molecule has 4 atom stereocenters. The maximum Gasteiger partial charge on any atom is 0.126 e. The predicted octanol–water partition coefficient (Wildman–Crippen LogP) is 3.31. The molecule has 1 N–H and O–H groups in total. The van der Waals surface area contributed by atoms with E-state index in [1.165, 1.54) is 12.8 Å². The zero-order chi connectivity index (χ0) is 16.0. The minimum Gasteiger partial charge on any atom is -0.385 e. The fourth-order valence-electron chi connectivity index (χ4n) is 3.58. The number of quaternary nitrogens is 1. The normalized spacial score (nSPS) is 28.9. The number of rotatable bonds is 8. The lowest BCUT2D eigenvalue weighted by atomic mass is 9.75.